The number of carbonyl (C=O) groups is 1. The number of hydrogen-bond donors (Lipinski definition) is 2. The molecule has 31 heavy (non-hydrogen) atoms. The third-order valence-electron chi connectivity index (χ3n) is 4.44. The average Bonchev–Trinajstić information content (AvgIpc) is 3.11. The Morgan fingerprint density at radius 1 is 1.23 bits per heavy atom. The molecule has 2 aromatic carbocycles. The maximum absolute atomic E-state index is 14.0. The number of aromatic nitrogens is 2. The first-order valence-electron chi connectivity index (χ1n) is 9.22. The Labute approximate surface area is 175 Å². The van der Waals surface area contributed by atoms with Gasteiger partial charge in [-0.2, -0.15) is 18.3 Å². The van der Waals surface area contributed by atoms with Gasteiger partial charge in [0, 0.05) is 6.54 Å². The fourth-order valence-corrected chi connectivity index (χ4v) is 2.82. The van der Waals surface area contributed by atoms with E-state index in [4.69, 9.17) is 4.74 Å². The summed E-state index contributed by atoms with van der Waals surface area (Å²) in [5, 5.41) is 16.5. The first kappa shape index (κ1) is 22.3. The lowest BCUT2D eigenvalue weighted by Gasteiger charge is -2.14. The molecule has 1 heterocycles. The van der Waals surface area contributed by atoms with Gasteiger partial charge in [-0.05, 0) is 37.3 Å². The number of nitrogens with zero attached hydrogens (tertiary/aromatic N) is 2. The molecule has 0 radical (unpaired) electrons. The number of amides is 1. The van der Waals surface area contributed by atoms with Crippen molar-refractivity contribution in [2.75, 3.05) is 13.2 Å². The van der Waals surface area contributed by atoms with Crippen LogP contribution >= 0.6 is 0 Å². The number of para-hydroxylation sites is 1. The monoisotopic (exact) mass is 437 g/mol. The number of benzene rings is 2. The third kappa shape index (κ3) is 5.40. The normalized spacial score (nSPS) is 12.5. The van der Waals surface area contributed by atoms with Crippen LogP contribution < -0.4 is 10.1 Å². The molecule has 1 amide bonds. The standard InChI is InChI=1S/C21H19F4N3O3/c1-13-17(11-27-28(13)19-8-3-2-7-18(19)22)20(30)26-10-15(29)12-31-16-6-4-5-14(9-16)21(23,24)25/h2-9,11,15,29H,10,12H2,1H3,(H,26,30). The van der Waals surface area contributed by atoms with Gasteiger partial charge in [-0.3, -0.25) is 4.79 Å². The van der Waals surface area contributed by atoms with E-state index in [1.165, 1.54) is 41.2 Å². The number of aliphatic hydroxyl groups excluding tert-OH is 1. The largest absolute Gasteiger partial charge is 0.491 e. The average molecular weight is 437 g/mol. The second kappa shape index (κ2) is 9.17. The molecule has 1 unspecified atom stereocenters. The summed E-state index contributed by atoms with van der Waals surface area (Å²) in [6.07, 6.45) is -4.39. The van der Waals surface area contributed by atoms with Crippen molar-refractivity contribution in [3.05, 3.63) is 77.4 Å². The Kier molecular flexibility index (Phi) is 6.59. The second-order valence-corrected chi connectivity index (χ2v) is 6.71. The van der Waals surface area contributed by atoms with Crippen LogP contribution in [0.4, 0.5) is 17.6 Å². The van der Waals surface area contributed by atoms with Gasteiger partial charge >= 0.3 is 6.18 Å². The second-order valence-electron chi connectivity index (χ2n) is 6.71. The number of rotatable bonds is 7. The van der Waals surface area contributed by atoms with Gasteiger partial charge in [0.1, 0.15) is 30.0 Å². The van der Waals surface area contributed by atoms with Crippen molar-refractivity contribution in [2.24, 2.45) is 0 Å². The Hall–Kier alpha value is -3.40. The Bertz CT molecular complexity index is 1070. The SMILES string of the molecule is Cc1c(C(=O)NCC(O)COc2cccc(C(F)(F)F)c2)cnn1-c1ccccc1F. The fourth-order valence-electron chi connectivity index (χ4n) is 2.82. The zero-order valence-corrected chi connectivity index (χ0v) is 16.4. The van der Waals surface area contributed by atoms with E-state index >= 15 is 0 Å². The van der Waals surface area contributed by atoms with Crippen LogP contribution in [0.2, 0.25) is 0 Å². The van der Waals surface area contributed by atoms with Crippen LogP contribution in [0.3, 0.4) is 0 Å². The number of alkyl halides is 3. The summed E-state index contributed by atoms with van der Waals surface area (Å²) in [5.41, 5.74) is -0.0877. The first-order chi connectivity index (χ1) is 14.7. The van der Waals surface area contributed by atoms with Crippen LogP contribution in [0.15, 0.2) is 54.7 Å². The van der Waals surface area contributed by atoms with Crippen molar-refractivity contribution < 1.29 is 32.2 Å². The van der Waals surface area contributed by atoms with Crippen LogP contribution in [-0.2, 0) is 6.18 Å². The van der Waals surface area contributed by atoms with Gasteiger partial charge in [0.2, 0.25) is 0 Å². The zero-order chi connectivity index (χ0) is 22.6. The highest BCUT2D eigenvalue weighted by Crippen LogP contribution is 2.31. The van der Waals surface area contributed by atoms with Crippen molar-refractivity contribution in [3.8, 4) is 11.4 Å². The van der Waals surface area contributed by atoms with Crippen LogP contribution in [0, 0.1) is 12.7 Å². The maximum atomic E-state index is 14.0. The minimum Gasteiger partial charge on any atom is -0.491 e. The lowest BCUT2D eigenvalue weighted by atomic mass is 10.2. The van der Waals surface area contributed by atoms with E-state index in [9.17, 15) is 27.5 Å². The Morgan fingerprint density at radius 2 is 1.97 bits per heavy atom. The highest BCUT2D eigenvalue weighted by Gasteiger charge is 2.30. The lowest BCUT2D eigenvalue weighted by molar-refractivity contribution is -0.137. The molecule has 164 valence electrons. The molecule has 0 fully saturated rings. The van der Waals surface area contributed by atoms with E-state index in [2.05, 4.69) is 10.4 Å². The predicted octanol–water partition coefficient (Wildman–Crippen LogP) is 3.51. The molecule has 0 aliphatic rings. The summed E-state index contributed by atoms with van der Waals surface area (Å²) in [4.78, 5) is 12.4. The van der Waals surface area contributed by atoms with Crippen LogP contribution in [0.25, 0.3) is 5.69 Å². The molecule has 3 aromatic rings. The topological polar surface area (TPSA) is 76.4 Å². The minimum atomic E-state index is -4.50. The highest BCUT2D eigenvalue weighted by molar-refractivity contribution is 5.95. The molecule has 0 spiro atoms. The van der Waals surface area contributed by atoms with Gasteiger partial charge in [-0.15, -0.1) is 0 Å². The van der Waals surface area contributed by atoms with E-state index in [1.54, 1.807) is 13.0 Å². The molecule has 0 bridgehead atoms. The van der Waals surface area contributed by atoms with E-state index in [0.29, 0.717) is 5.69 Å². The Balaban J connectivity index is 1.56. The molecule has 1 aromatic heterocycles. The van der Waals surface area contributed by atoms with Gasteiger partial charge in [0.05, 0.1) is 23.0 Å². The summed E-state index contributed by atoms with van der Waals surface area (Å²) in [7, 11) is 0. The molecule has 0 aliphatic carbocycles. The number of ether oxygens (including phenoxy) is 1. The summed E-state index contributed by atoms with van der Waals surface area (Å²) in [5.74, 6) is -1.09. The van der Waals surface area contributed by atoms with Crippen molar-refractivity contribution in [1.29, 1.82) is 0 Å². The quantitative estimate of drug-likeness (QED) is 0.555. The first-order valence-corrected chi connectivity index (χ1v) is 9.22. The van der Waals surface area contributed by atoms with E-state index < -0.39 is 29.6 Å². The third-order valence-corrected chi connectivity index (χ3v) is 4.44. The molecular weight excluding hydrogens is 418 g/mol. The van der Waals surface area contributed by atoms with Crippen LogP contribution in [0.5, 0.6) is 5.75 Å². The molecule has 3 rings (SSSR count). The van der Waals surface area contributed by atoms with E-state index in [1.807, 2.05) is 0 Å². The smallest absolute Gasteiger partial charge is 0.416 e. The lowest BCUT2D eigenvalue weighted by Crippen LogP contribution is -2.35. The molecule has 1 atom stereocenters. The molecule has 2 N–H and O–H groups in total. The number of hydrogen-bond acceptors (Lipinski definition) is 4. The number of halogens is 4. The van der Waals surface area contributed by atoms with Gasteiger partial charge in [0.15, 0.2) is 0 Å². The molecule has 6 nitrogen and oxygen atoms in total. The summed E-state index contributed by atoms with van der Waals surface area (Å²) < 4.78 is 58.6. The summed E-state index contributed by atoms with van der Waals surface area (Å²) in [6.45, 7) is 1.07. The van der Waals surface area contributed by atoms with Crippen molar-refractivity contribution in [3.63, 3.8) is 0 Å². The highest BCUT2D eigenvalue weighted by atomic mass is 19.4. The molecule has 10 heteroatoms. The molecule has 0 saturated carbocycles. The number of nitrogens with one attached hydrogen (secondary N) is 1. The predicted molar refractivity (Wildman–Crippen MR) is 104 cm³/mol. The minimum absolute atomic E-state index is 0.0535. The van der Waals surface area contributed by atoms with Crippen molar-refractivity contribution in [2.45, 2.75) is 19.2 Å². The fraction of sp³-hybridized carbons (Fsp3) is 0.238. The Morgan fingerprint density at radius 3 is 2.68 bits per heavy atom. The summed E-state index contributed by atoms with van der Waals surface area (Å²) in [6, 6.07) is 10.2. The van der Waals surface area contributed by atoms with Gasteiger partial charge in [0.25, 0.3) is 5.91 Å². The van der Waals surface area contributed by atoms with Gasteiger partial charge < -0.3 is 15.2 Å². The maximum Gasteiger partial charge on any atom is 0.416 e. The van der Waals surface area contributed by atoms with Crippen LogP contribution in [0.1, 0.15) is 21.6 Å². The van der Waals surface area contributed by atoms with E-state index in [0.717, 1.165) is 12.1 Å². The van der Waals surface area contributed by atoms with E-state index in [-0.39, 0.29) is 30.2 Å². The van der Waals surface area contributed by atoms with Crippen molar-refractivity contribution in [1.82, 2.24) is 15.1 Å². The summed E-state index contributed by atoms with van der Waals surface area (Å²) >= 11 is 0. The number of aliphatic hydroxyl groups is 1. The van der Waals surface area contributed by atoms with Gasteiger partial charge in [-0.1, -0.05) is 18.2 Å². The molecular formula is C21H19F4N3O3. The number of carbonyl (C=O) groups excluding carboxylic acids is 1. The van der Waals surface area contributed by atoms with Crippen molar-refractivity contribution >= 4 is 5.91 Å². The molecule has 0 saturated heterocycles. The zero-order valence-electron chi connectivity index (χ0n) is 16.4. The molecule has 0 aliphatic heterocycles. The van der Waals surface area contributed by atoms with Gasteiger partial charge in [-0.25, -0.2) is 9.07 Å². The van der Waals surface area contributed by atoms with Crippen LogP contribution in [-0.4, -0.2) is 40.0 Å².